The van der Waals surface area contributed by atoms with Gasteiger partial charge in [0.05, 0.1) is 7.11 Å². The van der Waals surface area contributed by atoms with E-state index in [0.717, 1.165) is 7.11 Å². The van der Waals surface area contributed by atoms with Crippen molar-refractivity contribution in [2.24, 2.45) is 0 Å². The molecule has 0 amide bonds. The van der Waals surface area contributed by atoms with Crippen LogP contribution < -0.4 is 0 Å². The number of esters is 12. The molecule has 0 radical (unpaired) electrons. The SMILES string of the molecule is C.C.C.C.CCOCOC(=O)CC(=O)OC(C)C(C)OC(=O)CC(=O)OC/C=C\COC(=O)CC(=O)OC/C=C\COC(=O)CC(=O)OC(C)C(C)OC(=O)CC(=O)OCOC(=O)CC(=O)OC. The van der Waals surface area contributed by atoms with Crippen molar-refractivity contribution in [1.29, 1.82) is 0 Å². The van der Waals surface area contributed by atoms with Crippen molar-refractivity contribution >= 4 is 71.6 Å². The monoisotopic (exact) mass is 984 g/mol. The minimum absolute atomic E-state index is 0. The molecule has 0 rings (SSSR count). The molecule has 0 aliphatic heterocycles. The van der Waals surface area contributed by atoms with Crippen molar-refractivity contribution in [2.75, 3.05) is 53.7 Å². The Morgan fingerprint density at radius 2 is 0.559 bits per heavy atom. The van der Waals surface area contributed by atoms with Crippen LogP contribution in [0, 0.1) is 0 Å². The zero-order chi connectivity index (χ0) is 48.5. The summed E-state index contributed by atoms with van der Waals surface area (Å²) in [6.07, 6.45) is -3.45. The molecular formula is C43H68O25. The number of methoxy groups -OCH3 is 1. The minimum atomic E-state index is -1.12. The van der Waals surface area contributed by atoms with Gasteiger partial charge in [0.1, 0.15) is 89.4 Å². The predicted octanol–water partition coefficient (Wildman–Crippen LogP) is 2.64. The average molecular weight is 985 g/mol. The van der Waals surface area contributed by atoms with Crippen molar-refractivity contribution < 1.29 is 119 Å². The third-order valence-corrected chi connectivity index (χ3v) is 7.19. The van der Waals surface area contributed by atoms with Crippen LogP contribution in [0.25, 0.3) is 0 Å². The molecular weight excluding hydrogens is 916 g/mol. The van der Waals surface area contributed by atoms with E-state index in [4.69, 9.17) is 42.6 Å². The molecule has 25 nitrogen and oxygen atoms in total. The molecule has 0 heterocycles. The van der Waals surface area contributed by atoms with Crippen molar-refractivity contribution in [3.63, 3.8) is 0 Å². The van der Waals surface area contributed by atoms with Crippen LogP contribution in [0.1, 0.15) is 103 Å². The zero-order valence-corrected chi connectivity index (χ0v) is 36.0. The zero-order valence-electron chi connectivity index (χ0n) is 36.0. The topological polar surface area (TPSA) is 325 Å². The van der Waals surface area contributed by atoms with E-state index >= 15 is 0 Å². The van der Waals surface area contributed by atoms with Crippen LogP contribution >= 0.6 is 0 Å². The lowest BCUT2D eigenvalue weighted by molar-refractivity contribution is -0.175. The maximum atomic E-state index is 12.1. The molecule has 0 saturated heterocycles. The standard InChI is InChI=1S/C39H52O25.4CH4/c1-7-53-22-58-34(46)20-38(50)63-26(4)24(2)61-36(48)18-31(43)56-14-10-8-12-54-29(41)17-30(42)55-13-9-11-15-57-32(44)19-37(49)62-25(3)27(5)64-39(51)21-35(47)60-23-59-33(45)16-28(40)52-6;;;;/h8-11,24-27H,7,12-23H2,1-6H3;4*1H4/b10-8-,11-9-;;;;. The second-order valence-corrected chi connectivity index (χ2v) is 12.4. The molecule has 0 aromatic carbocycles. The number of hydrogen-bond donors (Lipinski definition) is 0. The lowest BCUT2D eigenvalue weighted by atomic mass is 10.2. The van der Waals surface area contributed by atoms with E-state index in [1.807, 2.05) is 0 Å². The van der Waals surface area contributed by atoms with Gasteiger partial charge in [-0.15, -0.1) is 0 Å². The molecule has 0 bridgehead atoms. The fourth-order valence-corrected chi connectivity index (χ4v) is 3.70. The first-order valence-electron chi connectivity index (χ1n) is 19.1. The van der Waals surface area contributed by atoms with Crippen LogP contribution in [0.5, 0.6) is 0 Å². The average Bonchev–Trinajstić information content (AvgIpc) is 3.19. The van der Waals surface area contributed by atoms with Gasteiger partial charge in [-0.2, -0.15) is 0 Å². The Bertz CT molecular complexity index is 1670. The molecule has 0 N–H and O–H groups in total. The molecule has 4 unspecified atom stereocenters. The van der Waals surface area contributed by atoms with Crippen LogP contribution in [0.2, 0.25) is 0 Å². The number of carbonyl (C=O) groups excluding carboxylic acids is 12. The molecule has 0 aromatic rings. The third kappa shape index (κ3) is 38.4. The lowest BCUT2D eigenvalue weighted by Crippen LogP contribution is -2.32. The summed E-state index contributed by atoms with van der Waals surface area (Å²) in [4.78, 5) is 141. The van der Waals surface area contributed by atoms with Gasteiger partial charge in [0.25, 0.3) is 0 Å². The highest BCUT2D eigenvalue weighted by Crippen LogP contribution is 2.09. The van der Waals surface area contributed by atoms with Crippen molar-refractivity contribution in [3.8, 4) is 0 Å². The first-order chi connectivity index (χ1) is 30.2. The normalized spacial score (nSPS) is 11.8. The van der Waals surface area contributed by atoms with Crippen LogP contribution in [0.15, 0.2) is 24.3 Å². The lowest BCUT2D eigenvalue weighted by Gasteiger charge is -2.20. The first kappa shape index (κ1) is 70.1. The summed E-state index contributed by atoms with van der Waals surface area (Å²) < 4.78 is 62.2. The summed E-state index contributed by atoms with van der Waals surface area (Å²) in [5.74, 6) is -11.7. The van der Waals surface area contributed by atoms with Crippen LogP contribution in [-0.4, -0.2) is 150 Å². The highest BCUT2D eigenvalue weighted by atomic mass is 16.7. The molecule has 68 heavy (non-hydrogen) atoms. The molecule has 390 valence electrons. The summed E-state index contributed by atoms with van der Waals surface area (Å²) in [7, 11) is 1.06. The molecule has 4 atom stereocenters. The van der Waals surface area contributed by atoms with Gasteiger partial charge in [0.2, 0.25) is 6.79 Å². The fourth-order valence-electron chi connectivity index (χ4n) is 3.70. The highest BCUT2D eigenvalue weighted by Gasteiger charge is 2.25. The maximum Gasteiger partial charge on any atom is 0.320 e. The van der Waals surface area contributed by atoms with Gasteiger partial charge in [0.15, 0.2) is 6.79 Å². The maximum absolute atomic E-state index is 12.1. The minimum Gasteiger partial charge on any atom is -0.469 e. The van der Waals surface area contributed by atoms with E-state index < -0.39 is 141 Å². The Morgan fingerprint density at radius 3 is 0.809 bits per heavy atom. The van der Waals surface area contributed by atoms with Crippen LogP contribution in [0.4, 0.5) is 0 Å². The predicted molar refractivity (Wildman–Crippen MR) is 231 cm³/mol. The van der Waals surface area contributed by atoms with Gasteiger partial charge in [-0.05, 0) is 58.9 Å². The molecule has 0 aliphatic rings. The Labute approximate surface area is 395 Å². The van der Waals surface area contributed by atoms with E-state index in [0.29, 0.717) is 6.61 Å². The van der Waals surface area contributed by atoms with E-state index in [1.165, 1.54) is 52.0 Å². The number of ether oxygens (including phenoxy) is 13. The van der Waals surface area contributed by atoms with E-state index in [1.54, 1.807) is 6.92 Å². The van der Waals surface area contributed by atoms with Crippen LogP contribution in [0.3, 0.4) is 0 Å². The summed E-state index contributed by atoms with van der Waals surface area (Å²) >= 11 is 0. The Kier molecular flexibility index (Phi) is 42.8. The van der Waals surface area contributed by atoms with E-state index in [2.05, 4.69) is 18.9 Å². The van der Waals surface area contributed by atoms with E-state index in [9.17, 15) is 57.5 Å². The van der Waals surface area contributed by atoms with Crippen LogP contribution in [-0.2, 0) is 119 Å². The van der Waals surface area contributed by atoms with Gasteiger partial charge in [-0.3, -0.25) is 57.5 Å². The van der Waals surface area contributed by atoms with Gasteiger partial charge in [0, 0.05) is 6.61 Å². The molecule has 0 aromatic heterocycles. The molecule has 0 saturated carbocycles. The Hall–Kier alpha value is -6.92. The van der Waals surface area contributed by atoms with Crippen molar-refractivity contribution in [3.05, 3.63) is 24.3 Å². The summed E-state index contributed by atoms with van der Waals surface area (Å²) in [5, 5.41) is 0. The van der Waals surface area contributed by atoms with Gasteiger partial charge in [-0.1, -0.05) is 29.7 Å². The highest BCUT2D eigenvalue weighted by molar-refractivity contribution is 5.94. The second-order valence-electron chi connectivity index (χ2n) is 12.4. The van der Waals surface area contributed by atoms with Crippen molar-refractivity contribution in [1.82, 2.24) is 0 Å². The number of carbonyl (C=O) groups is 12. The Morgan fingerprint density at radius 1 is 0.338 bits per heavy atom. The smallest absolute Gasteiger partial charge is 0.320 e. The van der Waals surface area contributed by atoms with Gasteiger partial charge >= 0.3 is 71.6 Å². The fraction of sp³-hybridized carbons (Fsp3) is 0.628. The quantitative estimate of drug-likeness (QED) is 0.0241. The Balaban J connectivity index is -0.00000331. The summed E-state index contributed by atoms with van der Waals surface area (Å²) in [6, 6.07) is 0. The summed E-state index contributed by atoms with van der Waals surface area (Å²) in [5.41, 5.74) is 0. The second kappa shape index (κ2) is 41.5. The number of hydrogen-bond acceptors (Lipinski definition) is 25. The van der Waals surface area contributed by atoms with Crippen molar-refractivity contribution in [2.45, 2.75) is 127 Å². The first-order valence-corrected chi connectivity index (χ1v) is 19.1. The summed E-state index contributed by atoms with van der Waals surface area (Å²) in [6.45, 7) is 5.12. The molecule has 0 fully saturated rings. The molecule has 0 aliphatic carbocycles. The van der Waals surface area contributed by atoms with Gasteiger partial charge < -0.3 is 61.6 Å². The third-order valence-electron chi connectivity index (χ3n) is 7.19. The molecule has 25 heteroatoms. The largest absolute Gasteiger partial charge is 0.469 e. The van der Waals surface area contributed by atoms with Gasteiger partial charge in [-0.25, -0.2) is 0 Å². The van der Waals surface area contributed by atoms with E-state index in [-0.39, 0.29) is 62.9 Å². The molecule has 0 spiro atoms. The number of rotatable bonds is 31.